The largest absolute Gasteiger partial charge is 0.314 e. The zero-order chi connectivity index (χ0) is 13.8. The number of hydrogen-bond donors (Lipinski definition) is 1. The zero-order valence-corrected chi connectivity index (χ0v) is 11.1. The summed E-state index contributed by atoms with van der Waals surface area (Å²) in [7, 11) is -3.66. The molecule has 7 heteroatoms. The molecular weight excluding hydrogens is 256 g/mol. The average Bonchev–Trinajstić information content (AvgIpc) is 2.28. The topological polar surface area (TPSA) is 89.3 Å². The minimum atomic E-state index is -3.66. The Morgan fingerprint density at radius 2 is 2.00 bits per heavy atom. The standard InChI is InChI=1S/C11H16N2O4S/c1-3-12-9(2)8-18(16,17)11-7-5-4-6-10(11)13(14)15/h4-7,9,12H,3,8H2,1-2H3. The number of nitrogens with zero attached hydrogens (tertiary/aromatic N) is 1. The van der Waals surface area contributed by atoms with Crippen molar-refractivity contribution in [3.8, 4) is 0 Å². The molecular formula is C11H16N2O4S. The number of rotatable bonds is 6. The van der Waals surface area contributed by atoms with E-state index in [1.54, 1.807) is 6.92 Å². The molecule has 0 aliphatic rings. The molecule has 1 atom stereocenters. The van der Waals surface area contributed by atoms with Gasteiger partial charge in [-0.25, -0.2) is 8.42 Å². The summed E-state index contributed by atoms with van der Waals surface area (Å²) in [4.78, 5) is 9.91. The lowest BCUT2D eigenvalue weighted by Crippen LogP contribution is -2.32. The third-order valence-electron chi connectivity index (χ3n) is 2.42. The summed E-state index contributed by atoms with van der Waals surface area (Å²) in [5.74, 6) is -0.161. The van der Waals surface area contributed by atoms with E-state index in [4.69, 9.17) is 0 Å². The number of benzene rings is 1. The molecule has 0 saturated carbocycles. The van der Waals surface area contributed by atoms with Gasteiger partial charge < -0.3 is 5.32 Å². The van der Waals surface area contributed by atoms with Gasteiger partial charge in [0.1, 0.15) is 4.90 Å². The zero-order valence-electron chi connectivity index (χ0n) is 10.3. The number of para-hydroxylation sites is 1. The van der Waals surface area contributed by atoms with Crippen LogP contribution in [0, 0.1) is 10.1 Å². The molecule has 1 unspecified atom stereocenters. The molecule has 0 saturated heterocycles. The third kappa shape index (κ3) is 3.51. The van der Waals surface area contributed by atoms with Crippen molar-refractivity contribution in [1.82, 2.24) is 5.32 Å². The highest BCUT2D eigenvalue weighted by molar-refractivity contribution is 7.91. The summed E-state index contributed by atoms with van der Waals surface area (Å²) < 4.78 is 24.2. The molecule has 1 N–H and O–H groups in total. The molecule has 0 radical (unpaired) electrons. The van der Waals surface area contributed by atoms with E-state index < -0.39 is 14.8 Å². The highest BCUT2D eigenvalue weighted by atomic mass is 32.2. The summed E-state index contributed by atoms with van der Waals surface area (Å²) in [6.45, 7) is 4.25. The lowest BCUT2D eigenvalue weighted by molar-refractivity contribution is -0.387. The van der Waals surface area contributed by atoms with Gasteiger partial charge in [0.2, 0.25) is 0 Å². The average molecular weight is 272 g/mol. The monoisotopic (exact) mass is 272 g/mol. The minimum absolute atomic E-state index is 0.161. The van der Waals surface area contributed by atoms with Gasteiger partial charge in [0.15, 0.2) is 9.84 Å². The molecule has 100 valence electrons. The van der Waals surface area contributed by atoms with Crippen molar-refractivity contribution in [3.05, 3.63) is 34.4 Å². The number of sulfone groups is 1. The van der Waals surface area contributed by atoms with E-state index in [1.165, 1.54) is 24.3 Å². The Kier molecular flexibility index (Phi) is 4.80. The first-order valence-electron chi connectivity index (χ1n) is 5.58. The molecule has 18 heavy (non-hydrogen) atoms. The molecule has 1 rings (SSSR count). The smallest absolute Gasteiger partial charge is 0.287 e. The SMILES string of the molecule is CCNC(C)CS(=O)(=O)c1ccccc1[N+](=O)[O-]. The number of nitro benzene ring substituents is 1. The lowest BCUT2D eigenvalue weighted by Gasteiger charge is -2.12. The van der Waals surface area contributed by atoms with Crippen LogP contribution < -0.4 is 5.32 Å². The van der Waals surface area contributed by atoms with Crippen molar-refractivity contribution >= 4 is 15.5 Å². The van der Waals surface area contributed by atoms with E-state index in [0.717, 1.165) is 0 Å². The van der Waals surface area contributed by atoms with E-state index in [1.807, 2.05) is 6.92 Å². The Bertz CT molecular complexity index is 528. The highest BCUT2D eigenvalue weighted by Gasteiger charge is 2.26. The molecule has 0 aliphatic heterocycles. The third-order valence-corrected chi connectivity index (χ3v) is 4.37. The predicted octanol–water partition coefficient (Wildman–Crippen LogP) is 1.37. The van der Waals surface area contributed by atoms with Gasteiger partial charge in [-0.15, -0.1) is 0 Å². The summed E-state index contributed by atoms with van der Waals surface area (Å²) in [5, 5.41) is 13.8. The van der Waals surface area contributed by atoms with Crippen LogP contribution in [0.2, 0.25) is 0 Å². The van der Waals surface area contributed by atoms with Crippen molar-refractivity contribution in [2.75, 3.05) is 12.3 Å². The second kappa shape index (κ2) is 5.92. The van der Waals surface area contributed by atoms with E-state index >= 15 is 0 Å². The van der Waals surface area contributed by atoms with Gasteiger partial charge in [0.05, 0.1) is 10.7 Å². The second-order valence-corrected chi connectivity index (χ2v) is 5.97. The van der Waals surface area contributed by atoms with Gasteiger partial charge in [-0.3, -0.25) is 10.1 Å². The molecule has 0 aliphatic carbocycles. The van der Waals surface area contributed by atoms with Crippen molar-refractivity contribution in [2.45, 2.75) is 24.8 Å². The number of hydrogen-bond acceptors (Lipinski definition) is 5. The summed E-state index contributed by atoms with van der Waals surface area (Å²) in [6, 6.07) is 5.15. The van der Waals surface area contributed by atoms with Gasteiger partial charge in [-0.2, -0.15) is 0 Å². The molecule has 6 nitrogen and oxygen atoms in total. The van der Waals surface area contributed by atoms with Crippen LogP contribution in [0.15, 0.2) is 29.2 Å². The van der Waals surface area contributed by atoms with Gasteiger partial charge >= 0.3 is 0 Å². The van der Waals surface area contributed by atoms with Crippen molar-refractivity contribution in [3.63, 3.8) is 0 Å². The van der Waals surface area contributed by atoms with Gasteiger partial charge in [-0.1, -0.05) is 19.1 Å². The first kappa shape index (κ1) is 14.6. The van der Waals surface area contributed by atoms with Crippen molar-refractivity contribution in [1.29, 1.82) is 0 Å². The van der Waals surface area contributed by atoms with Crippen LogP contribution in [0.4, 0.5) is 5.69 Å². The Morgan fingerprint density at radius 3 is 2.56 bits per heavy atom. The maximum atomic E-state index is 12.1. The van der Waals surface area contributed by atoms with Gasteiger partial charge in [0.25, 0.3) is 5.69 Å². The normalized spacial score (nSPS) is 13.2. The summed E-state index contributed by atoms with van der Waals surface area (Å²) >= 11 is 0. The molecule has 0 heterocycles. The fourth-order valence-electron chi connectivity index (χ4n) is 1.70. The minimum Gasteiger partial charge on any atom is -0.314 e. The Labute approximate surface area is 106 Å². The first-order chi connectivity index (χ1) is 8.38. The highest BCUT2D eigenvalue weighted by Crippen LogP contribution is 2.24. The molecule has 1 aromatic rings. The van der Waals surface area contributed by atoms with Crippen molar-refractivity contribution in [2.24, 2.45) is 0 Å². The second-order valence-electron chi connectivity index (χ2n) is 3.96. The first-order valence-corrected chi connectivity index (χ1v) is 7.23. The van der Waals surface area contributed by atoms with Crippen LogP contribution >= 0.6 is 0 Å². The maximum Gasteiger partial charge on any atom is 0.287 e. The van der Waals surface area contributed by atoms with Crippen LogP contribution in [-0.2, 0) is 9.84 Å². The fourth-order valence-corrected chi connectivity index (χ4v) is 3.40. The van der Waals surface area contributed by atoms with Crippen LogP contribution in [0.3, 0.4) is 0 Å². The maximum absolute atomic E-state index is 12.1. The Morgan fingerprint density at radius 1 is 1.39 bits per heavy atom. The number of nitrogens with one attached hydrogen (secondary N) is 1. The summed E-state index contributed by atoms with van der Waals surface area (Å²) in [6.07, 6.45) is 0. The molecule has 0 amide bonds. The van der Waals surface area contributed by atoms with E-state index in [0.29, 0.717) is 6.54 Å². The fraction of sp³-hybridized carbons (Fsp3) is 0.455. The summed E-state index contributed by atoms with van der Waals surface area (Å²) in [5.41, 5.74) is -0.374. The van der Waals surface area contributed by atoms with E-state index in [9.17, 15) is 18.5 Å². The molecule has 0 spiro atoms. The lowest BCUT2D eigenvalue weighted by atomic mass is 10.3. The molecule has 0 fully saturated rings. The Balaban J connectivity index is 3.09. The quantitative estimate of drug-likeness (QED) is 0.624. The molecule has 0 bridgehead atoms. The molecule has 1 aromatic carbocycles. The van der Waals surface area contributed by atoms with Crippen molar-refractivity contribution < 1.29 is 13.3 Å². The number of nitro groups is 1. The van der Waals surface area contributed by atoms with Crippen LogP contribution in [0.5, 0.6) is 0 Å². The van der Waals surface area contributed by atoms with E-state index in [2.05, 4.69) is 5.32 Å². The van der Waals surface area contributed by atoms with Crippen LogP contribution in [-0.4, -0.2) is 31.7 Å². The van der Waals surface area contributed by atoms with Crippen LogP contribution in [0.25, 0.3) is 0 Å². The van der Waals surface area contributed by atoms with Gasteiger partial charge in [0, 0.05) is 12.1 Å². The van der Waals surface area contributed by atoms with Gasteiger partial charge in [-0.05, 0) is 19.5 Å². The van der Waals surface area contributed by atoms with Crippen LogP contribution in [0.1, 0.15) is 13.8 Å². The Hall–Kier alpha value is -1.47. The van der Waals surface area contributed by atoms with E-state index in [-0.39, 0.29) is 22.4 Å². The predicted molar refractivity (Wildman–Crippen MR) is 68.3 cm³/mol. The molecule has 0 aromatic heterocycles.